The van der Waals surface area contributed by atoms with Crippen LogP contribution in [0.5, 0.6) is 0 Å². The summed E-state index contributed by atoms with van der Waals surface area (Å²) in [6.07, 6.45) is 3.53. The fraction of sp³-hybridized carbons (Fsp3) is 0.0833. The highest BCUT2D eigenvalue weighted by Gasteiger charge is 2.18. The molecule has 0 unspecified atom stereocenters. The van der Waals surface area contributed by atoms with Crippen LogP contribution in [0, 0.1) is 0 Å². The number of aromatic nitrogens is 1. The number of halogens is 3. The van der Waals surface area contributed by atoms with Crippen LogP contribution in [0.15, 0.2) is 37.7 Å². The molecule has 0 saturated carbocycles. The van der Waals surface area contributed by atoms with Gasteiger partial charge in [-0.15, -0.1) is 0 Å². The van der Waals surface area contributed by atoms with E-state index in [1.54, 1.807) is 18.5 Å². The first-order valence-corrected chi connectivity index (χ1v) is 7.86. The summed E-state index contributed by atoms with van der Waals surface area (Å²) in [5.41, 5.74) is 3.12. The monoisotopic (exact) mass is 388 g/mol. The van der Waals surface area contributed by atoms with Gasteiger partial charge in [0.2, 0.25) is 0 Å². The number of benzene rings is 1. The van der Waals surface area contributed by atoms with Gasteiger partial charge in [-0.05, 0) is 33.6 Å². The van der Waals surface area contributed by atoms with Crippen molar-refractivity contribution in [1.29, 1.82) is 0 Å². The van der Waals surface area contributed by atoms with Crippen LogP contribution in [-0.2, 0) is 17.9 Å². The van der Waals surface area contributed by atoms with Crippen LogP contribution < -0.4 is 5.32 Å². The largest absolute Gasteiger partial charge is 0.378 e. The molecule has 2 heterocycles. The van der Waals surface area contributed by atoms with Gasteiger partial charge < -0.3 is 5.32 Å². The molecule has 0 saturated heterocycles. The second-order valence-electron chi connectivity index (χ2n) is 4.04. The van der Waals surface area contributed by atoms with E-state index in [2.05, 4.69) is 35.0 Å². The number of fused-ring (bicyclic) bond motifs is 1. The highest BCUT2D eigenvalue weighted by Crippen LogP contribution is 2.47. The van der Waals surface area contributed by atoms with E-state index in [4.69, 9.17) is 23.2 Å². The third-order valence-corrected chi connectivity index (χ3v) is 4.22. The molecule has 1 N–H and O–H groups in total. The normalized spacial score (nSPS) is 12.2. The SMILES string of the molecule is Clc1cc(Cl)c(NCc2cncc(Br)c2)c2c1N=S=N2. The van der Waals surface area contributed by atoms with Gasteiger partial charge in [-0.2, -0.15) is 8.73 Å². The van der Waals surface area contributed by atoms with Crippen molar-refractivity contribution < 1.29 is 0 Å². The van der Waals surface area contributed by atoms with Crippen molar-refractivity contribution in [3.05, 3.63) is 44.6 Å². The van der Waals surface area contributed by atoms with E-state index in [1.165, 1.54) is 0 Å². The first-order chi connectivity index (χ1) is 9.65. The van der Waals surface area contributed by atoms with Crippen molar-refractivity contribution in [1.82, 2.24) is 4.98 Å². The van der Waals surface area contributed by atoms with Gasteiger partial charge in [-0.1, -0.05) is 23.2 Å². The number of hydrogen-bond acceptors (Lipinski definition) is 4. The van der Waals surface area contributed by atoms with E-state index >= 15 is 0 Å². The standard InChI is InChI=1S/C12H7BrCl2N4S/c13-7-1-6(3-16-5-7)4-17-10-8(14)2-9(15)11-12(10)19-20-18-11/h1-3,5,17H,4H2. The Morgan fingerprint density at radius 2 is 1.90 bits per heavy atom. The fourth-order valence-electron chi connectivity index (χ4n) is 1.79. The zero-order chi connectivity index (χ0) is 14.1. The minimum atomic E-state index is 0.508. The van der Waals surface area contributed by atoms with E-state index < -0.39 is 0 Å². The Labute approximate surface area is 137 Å². The lowest BCUT2D eigenvalue weighted by molar-refractivity contribution is 1.11. The zero-order valence-electron chi connectivity index (χ0n) is 9.90. The highest BCUT2D eigenvalue weighted by molar-refractivity contribution is 9.10. The maximum absolute atomic E-state index is 6.23. The van der Waals surface area contributed by atoms with Gasteiger partial charge in [0.15, 0.2) is 0 Å². The molecule has 4 nitrogen and oxygen atoms in total. The number of anilines is 1. The molecule has 1 aliphatic rings. The molecule has 2 aromatic rings. The summed E-state index contributed by atoms with van der Waals surface area (Å²) in [4.78, 5) is 4.12. The maximum Gasteiger partial charge on any atom is 0.130 e. The van der Waals surface area contributed by atoms with Crippen LogP contribution in [0.4, 0.5) is 17.1 Å². The van der Waals surface area contributed by atoms with Crippen LogP contribution in [-0.4, -0.2) is 4.98 Å². The Kier molecular flexibility index (Phi) is 4.07. The molecule has 0 amide bonds. The summed E-state index contributed by atoms with van der Waals surface area (Å²) < 4.78 is 9.34. The Balaban J connectivity index is 1.89. The van der Waals surface area contributed by atoms with Gasteiger partial charge in [0.05, 0.1) is 27.1 Å². The van der Waals surface area contributed by atoms with Crippen LogP contribution in [0.1, 0.15) is 5.56 Å². The molecule has 0 spiro atoms. The van der Waals surface area contributed by atoms with E-state index in [9.17, 15) is 0 Å². The molecule has 8 heteroatoms. The maximum atomic E-state index is 6.23. The molecule has 0 atom stereocenters. The van der Waals surface area contributed by atoms with Crippen molar-refractivity contribution in [2.24, 2.45) is 8.73 Å². The van der Waals surface area contributed by atoms with E-state index in [0.717, 1.165) is 27.1 Å². The number of rotatable bonds is 3. The summed E-state index contributed by atoms with van der Waals surface area (Å²) in [5.74, 6) is 0. The Bertz CT molecular complexity index is 759. The van der Waals surface area contributed by atoms with E-state index in [1.807, 2.05) is 6.07 Å². The van der Waals surface area contributed by atoms with Crippen molar-refractivity contribution >= 4 is 67.5 Å². The molecule has 0 fully saturated rings. The molecule has 102 valence electrons. The minimum absolute atomic E-state index is 0.508. The molecule has 20 heavy (non-hydrogen) atoms. The van der Waals surface area contributed by atoms with E-state index in [0.29, 0.717) is 28.0 Å². The number of nitrogens with one attached hydrogen (secondary N) is 1. The lowest BCUT2D eigenvalue weighted by Crippen LogP contribution is -2.01. The summed E-state index contributed by atoms with van der Waals surface area (Å²) in [6.45, 7) is 0.584. The average Bonchev–Trinajstić information content (AvgIpc) is 2.88. The Morgan fingerprint density at radius 3 is 2.70 bits per heavy atom. The molecule has 0 radical (unpaired) electrons. The van der Waals surface area contributed by atoms with Gasteiger partial charge >= 0.3 is 0 Å². The zero-order valence-corrected chi connectivity index (χ0v) is 13.8. The minimum Gasteiger partial charge on any atom is -0.378 e. The van der Waals surface area contributed by atoms with Crippen LogP contribution in [0.3, 0.4) is 0 Å². The number of hydrogen-bond donors (Lipinski definition) is 1. The molecule has 0 aliphatic carbocycles. The summed E-state index contributed by atoms with van der Waals surface area (Å²) in [7, 11) is 0. The van der Waals surface area contributed by atoms with Crippen molar-refractivity contribution in [3.8, 4) is 0 Å². The van der Waals surface area contributed by atoms with Crippen LogP contribution >= 0.6 is 39.1 Å². The van der Waals surface area contributed by atoms with Gasteiger partial charge in [0.25, 0.3) is 0 Å². The lowest BCUT2D eigenvalue weighted by Gasteiger charge is -2.12. The molecular formula is C12H7BrCl2N4S. The molecule has 1 aromatic carbocycles. The third-order valence-electron chi connectivity index (χ3n) is 2.67. The quantitative estimate of drug-likeness (QED) is 0.643. The Hall–Kier alpha value is -0.950. The summed E-state index contributed by atoms with van der Waals surface area (Å²) in [6, 6.07) is 3.66. The predicted octanol–water partition coefficient (Wildman–Crippen LogP) is 5.49. The second-order valence-corrected chi connectivity index (χ2v) is 6.30. The first kappa shape index (κ1) is 14.0. The lowest BCUT2D eigenvalue weighted by atomic mass is 10.2. The van der Waals surface area contributed by atoms with Gasteiger partial charge in [-0.25, -0.2) is 0 Å². The summed E-state index contributed by atoms with van der Waals surface area (Å²) >= 11 is 16.8. The van der Waals surface area contributed by atoms with Gasteiger partial charge in [0.1, 0.15) is 11.4 Å². The molecule has 1 aliphatic heterocycles. The first-order valence-electron chi connectivity index (χ1n) is 5.58. The number of nitrogens with zero attached hydrogens (tertiary/aromatic N) is 3. The highest BCUT2D eigenvalue weighted by atomic mass is 79.9. The van der Waals surface area contributed by atoms with Crippen LogP contribution in [0.25, 0.3) is 0 Å². The second kappa shape index (κ2) is 5.81. The summed E-state index contributed by atoms with van der Waals surface area (Å²) in [5, 5.41) is 4.30. The topological polar surface area (TPSA) is 49.6 Å². The fourth-order valence-corrected chi connectivity index (χ4v) is 3.38. The number of pyridine rings is 1. The average molecular weight is 390 g/mol. The molecule has 0 bridgehead atoms. The van der Waals surface area contributed by atoms with Gasteiger partial charge in [0, 0.05) is 23.4 Å². The Morgan fingerprint density at radius 1 is 1.10 bits per heavy atom. The predicted molar refractivity (Wildman–Crippen MR) is 87.3 cm³/mol. The smallest absolute Gasteiger partial charge is 0.130 e. The molecule has 1 aromatic heterocycles. The van der Waals surface area contributed by atoms with E-state index in [-0.39, 0.29) is 0 Å². The van der Waals surface area contributed by atoms with Crippen LogP contribution in [0.2, 0.25) is 10.0 Å². The molecular weight excluding hydrogens is 383 g/mol. The van der Waals surface area contributed by atoms with Crippen molar-refractivity contribution in [2.75, 3.05) is 5.32 Å². The van der Waals surface area contributed by atoms with Crippen molar-refractivity contribution in [3.63, 3.8) is 0 Å². The molecule has 3 rings (SSSR count). The third kappa shape index (κ3) is 2.74. The van der Waals surface area contributed by atoms with Gasteiger partial charge in [-0.3, -0.25) is 4.98 Å². The van der Waals surface area contributed by atoms with Crippen molar-refractivity contribution in [2.45, 2.75) is 6.54 Å².